The molecule has 0 aliphatic rings. The molecule has 3 heteroatoms. The van der Waals surface area contributed by atoms with Gasteiger partial charge < -0.3 is 14.2 Å². The maximum absolute atomic E-state index is 6.35. The van der Waals surface area contributed by atoms with E-state index in [4.69, 9.17) is 14.2 Å². The Morgan fingerprint density at radius 3 is 1.88 bits per heavy atom. The van der Waals surface area contributed by atoms with E-state index >= 15 is 0 Å². The third-order valence-electron chi connectivity index (χ3n) is 5.91. The molecule has 33 heavy (non-hydrogen) atoms. The van der Waals surface area contributed by atoms with Crippen molar-refractivity contribution in [2.75, 3.05) is 13.2 Å². The van der Waals surface area contributed by atoms with Gasteiger partial charge in [0.1, 0.15) is 11.5 Å². The van der Waals surface area contributed by atoms with E-state index in [0.29, 0.717) is 6.61 Å². The van der Waals surface area contributed by atoms with Crippen LogP contribution in [0.25, 0.3) is 10.8 Å². The van der Waals surface area contributed by atoms with Crippen molar-refractivity contribution in [3.63, 3.8) is 0 Å². The second-order valence-corrected chi connectivity index (χ2v) is 8.68. The van der Waals surface area contributed by atoms with E-state index < -0.39 is 0 Å². The zero-order chi connectivity index (χ0) is 23.1. The zero-order valence-corrected chi connectivity index (χ0v) is 20.5. The second kappa shape index (κ2) is 14.5. The van der Waals surface area contributed by atoms with Crippen molar-refractivity contribution in [1.29, 1.82) is 0 Å². The van der Waals surface area contributed by atoms with E-state index in [9.17, 15) is 0 Å². The number of fused-ring (bicyclic) bond motifs is 1. The van der Waals surface area contributed by atoms with Crippen molar-refractivity contribution >= 4 is 10.8 Å². The van der Waals surface area contributed by atoms with Crippen molar-refractivity contribution in [3.05, 3.63) is 60.7 Å². The second-order valence-electron chi connectivity index (χ2n) is 8.68. The summed E-state index contributed by atoms with van der Waals surface area (Å²) in [6, 6.07) is 20.2. The van der Waals surface area contributed by atoms with Gasteiger partial charge in [0, 0.05) is 10.8 Å². The Hall–Kier alpha value is -2.68. The van der Waals surface area contributed by atoms with Crippen LogP contribution in [0.4, 0.5) is 0 Å². The van der Waals surface area contributed by atoms with Crippen LogP contribution in [0, 0.1) is 0 Å². The first-order valence-electron chi connectivity index (χ1n) is 12.9. The molecule has 0 heterocycles. The van der Waals surface area contributed by atoms with Gasteiger partial charge in [-0.15, -0.1) is 0 Å². The molecule has 0 saturated carbocycles. The molecule has 0 fully saturated rings. The lowest BCUT2D eigenvalue weighted by Crippen LogP contribution is -2.01. The number of rotatable bonds is 16. The lowest BCUT2D eigenvalue weighted by Gasteiger charge is -2.17. The largest absolute Gasteiger partial charge is 0.493 e. The lowest BCUT2D eigenvalue weighted by molar-refractivity contribution is 0.294. The van der Waals surface area contributed by atoms with E-state index in [1.807, 2.05) is 36.4 Å². The minimum Gasteiger partial charge on any atom is -0.493 e. The minimum absolute atomic E-state index is 0.691. The lowest BCUT2D eigenvalue weighted by atomic mass is 10.1. The van der Waals surface area contributed by atoms with E-state index in [2.05, 4.69) is 38.1 Å². The predicted molar refractivity (Wildman–Crippen MR) is 139 cm³/mol. The number of ether oxygens (including phenoxy) is 3. The molecular weight excluding hydrogens is 408 g/mol. The average molecular weight is 449 g/mol. The van der Waals surface area contributed by atoms with E-state index in [1.165, 1.54) is 51.4 Å². The van der Waals surface area contributed by atoms with Crippen LogP contribution in [0.2, 0.25) is 0 Å². The summed E-state index contributed by atoms with van der Waals surface area (Å²) in [5.74, 6) is 3.28. The van der Waals surface area contributed by atoms with Crippen LogP contribution in [0.1, 0.15) is 78.1 Å². The Labute approximate surface area is 200 Å². The molecule has 0 aromatic heterocycles. The molecule has 0 aliphatic heterocycles. The summed E-state index contributed by atoms with van der Waals surface area (Å²) >= 11 is 0. The van der Waals surface area contributed by atoms with E-state index in [-0.39, 0.29) is 0 Å². The SMILES string of the molecule is CCCCCCCOc1cccc2c(OCCCCCCC)c(Oc3ccccc3)ccc12. The van der Waals surface area contributed by atoms with Crippen molar-refractivity contribution in [3.8, 4) is 23.0 Å². The van der Waals surface area contributed by atoms with Crippen molar-refractivity contribution in [2.45, 2.75) is 78.1 Å². The normalized spacial score (nSPS) is 11.0. The van der Waals surface area contributed by atoms with Crippen molar-refractivity contribution < 1.29 is 14.2 Å². The highest BCUT2D eigenvalue weighted by Crippen LogP contribution is 2.41. The topological polar surface area (TPSA) is 27.7 Å². The van der Waals surface area contributed by atoms with Crippen LogP contribution in [-0.4, -0.2) is 13.2 Å². The standard InChI is InChI=1S/C30H40O3/c1-3-5-7-9-14-23-31-28-20-16-19-27-26(28)21-22-29(33-25-17-12-11-13-18-25)30(27)32-24-15-10-8-6-4-2/h11-13,16-22H,3-10,14-15,23-24H2,1-2H3. The highest BCUT2D eigenvalue weighted by molar-refractivity contribution is 5.95. The summed E-state index contributed by atoms with van der Waals surface area (Å²) in [6.07, 6.45) is 12.2. The summed E-state index contributed by atoms with van der Waals surface area (Å²) < 4.78 is 18.8. The summed E-state index contributed by atoms with van der Waals surface area (Å²) in [5, 5.41) is 2.12. The fourth-order valence-electron chi connectivity index (χ4n) is 4.02. The molecule has 0 unspecified atom stereocenters. The molecule has 3 aromatic rings. The number of benzene rings is 3. The maximum atomic E-state index is 6.35. The van der Waals surface area contributed by atoms with Gasteiger partial charge in [0.25, 0.3) is 0 Å². The van der Waals surface area contributed by atoms with Gasteiger partial charge in [-0.3, -0.25) is 0 Å². The summed E-state index contributed by atoms with van der Waals surface area (Å²) in [5.41, 5.74) is 0. The fourth-order valence-corrected chi connectivity index (χ4v) is 4.02. The number of unbranched alkanes of at least 4 members (excludes halogenated alkanes) is 8. The van der Waals surface area contributed by atoms with Gasteiger partial charge in [-0.1, -0.05) is 95.5 Å². The number of hydrogen-bond acceptors (Lipinski definition) is 3. The molecule has 3 nitrogen and oxygen atoms in total. The quantitative estimate of drug-likeness (QED) is 0.204. The van der Waals surface area contributed by atoms with Crippen molar-refractivity contribution in [1.82, 2.24) is 0 Å². The highest BCUT2D eigenvalue weighted by atomic mass is 16.5. The van der Waals surface area contributed by atoms with E-state index in [1.54, 1.807) is 0 Å². The van der Waals surface area contributed by atoms with E-state index in [0.717, 1.165) is 53.2 Å². The molecule has 178 valence electrons. The first-order chi connectivity index (χ1) is 16.3. The molecule has 0 bridgehead atoms. The van der Waals surface area contributed by atoms with Gasteiger partial charge >= 0.3 is 0 Å². The van der Waals surface area contributed by atoms with Crippen LogP contribution < -0.4 is 14.2 Å². The van der Waals surface area contributed by atoms with Gasteiger partial charge in [-0.25, -0.2) is 0 Å². The summed E-state index contributed by atoms with van der Waals surface area (Å²) in [4.78, 5) is 0. The third kappa shape index (κ3) is 7.99. The molecule has 0 saturated heterocycles. The Morgan fingerprint density at radius 1 is 0.515 bits per heavy atom. The van der Waals surface area contributed by atoms with Crippen LogP contribution in [0.5, 0.6) is 23.0 Å². The molecule has 0 amide bonds. The Morgan fingerprint density at radius 2 is 1.18 bits per heavy atom. The minimum atomic E-state index is 0.691. The molecule has 0 N–H and O–H groups in total. The molecule has 3 aromatic carbocycles. The zero-order valence-electron chi connectivity index (χ0n) is 20.5. The summed E-state index contributed by atoms with van der Waals surface area (Å²) in [7, 11) is 0. The predicted octanol–water partition coefficient (Wildman–Crippen LogP) is 9.33. The van der Waals surface area contributed by atoms with Crippen LogP contribution in [0.15, 0.2) is 60.7 Å². The maximum Gasteiger partial charge on any atom is 0.169 e. The Kier molecular flexibility index (Phi) is 10.9. The fraction of sp³-hybridized carbons (Fsp3) is 0.467. The van der Waals surface area contributed by atoms with Gasteiger partial charge in [0.2, 0.25) is 0 Å². The smallest absolute Gasteiger partial charge is 0.169 e. The molecule has 0 atom stereocenters. The van der Waals surface area contributed by atoms with Gasteiger partial charge in [0.15, 0.2) is 11.5 Å². The summed E-state index contributed by atoms with van der Waals surface area (Å²) in [6.45, 7) is 5.92. The Balaban J connectivity index is 1.76. The highest BCUT2D eigenvalue weighted by Gasteiger charge is 2.14. The third-order valence-corrected chi connectivity index (χ3v) is 5.91. The average Bonchev–Trinajstić information content (AvgIpc) is 2.85. The first kappa shape index (κ1) is 25.0. The Bertz CT molecular complexity index is 936. The molecule has 3 rings (SSSR count). The first-order valence-corrected chi connectivity index (χ1v) is 12.9. The van der Waals surface area contributed by atoms with Crippen molar-refractivity contribution in [2.24, 2.45) is 0 Å². The number of para-hydroxylation sites is 1. The van der Waals surface area contributed by atoms with Gasteiger partial charge in [0.05, 0.1) is 13.2 Å². The number of hydrogen-bond donors (Lipinski definition) is 0. The monoisotopic (exact) mass is 448 g/mol. The molecule has 0 spiro atoms. The van der Waals surface area contributed by atoms with Gasteiger partial charge in [-0.2, -0.15) is 0 Å². The molecule has 0 aliphatic carbocycles. The van der Waals surface area contributed by atoms with Gasteiger partial charge in [-0.05, 0) is 43.2 Å². The molecule has 0 radical (unpaired) electrons. The van der Waals surface area contributed by atoms with Crippen LogP contribution in [0.3, 0.4) is 0 Å². The van der Waals surface area contributed by atoms with Crippen LogP contribution >= 0.6 is 0 Å². The van der Waals surface area contributed by atoms with Crippen LogP contribution in [-0.2, 0) is 0 Å². The molecular formula is C30H40O3.